The SMILES string of the molecule is O=C(NC1CCOCC1)c1cn(Cc2ccc(F)cc2F)c(Nc2ccc(Oc3cccc(F)n3)cc2)nc1=O. The molecule has 1 saturated heterocycles. The van der Waals surface area contributed by atoms with Crippen LogP contribution < -0.4 is 20.9 Å². The zero-order valence-corrected chi connectivity index (χ0v) is 21.1. The summed E-state index contributed by atoms with van der Waals surface area (Å²) < 4.78 is 53.6. The van der Waals surface area contributed by atoms with Gasteiger partial charge in [0.15, 0.2) is 0 Å². The molecular formula is C28H24F3N5O4. The number of hydrogen-bond acceptors (Lipinski definition) is 7. The molecule has 206 valence electrons. The van der Waals surface area contributed by atoms with Gasteiger partial charge < -0.3 is 24.7 Å². The molecule has 0 spiro atoms. The van der Waals surface area contributed by atoms with Gasteiger partial charge in [0, 0.05) is 48.8 Å². The quantitative estimate of drug-likeness (QED) is 0.310. The van der Waals surface area contributed by atoms with Crippen molar-refractivity contribution < 1.29 is 27.4 Å². The van der Waals surface area contributed by atoms with Gasteiger partial charge in [-0.2, -0.15) is 14.4 Å². The Kier molecular flexibility index (Phi) is 8.06. The Balaban J connectivity index is 1.41. The molecule has 2 N–H and O–H groups in total. The van der Waals surface area contributed by atoms with Crippen LogP contribution in [0.15, 0.2) is 71.7 Å². The topological polar surface area (TPSA) is 107 Å². The first-order valence-corrected chi connectivity index (χ1v) is 12.5. The Bertz CT molecular complexity index is 1570. The van der Waals surface area contributed by atoms with E-state index in [0.717, 1.165) is 12.1 Å². The van der Waals surface area contributed by atoms with Crippen LogP contribution in [0, 0.1) is 17.6 Å². The van der Waals surface area contributed by atoms with Crippen LogP contribution in [0.4, 0.5) is 24.8 Å². The smallest absolute Gasteiger partial charge is 0.287 e. The van der Waals surface area contributed by atoms with Gasteiger partial charge in [0.25, 0.3) is 11.5 Å². The molecule has 9 nitrogen and oxygen atoms in total. The molecule has 1 aliphatic rings. The lowest BCUT2D eigenvalue weighted by Crippen LogP contribution is -2.41. The molecule has 1 amide bonds. The molecule has 1 aliphatic heterocycles. The number of carbonyl (C=O) groups is 1. The minimum absolute atomic E-state index is 0.0248. The van der Waals surface area contributed by atoms with Gasteiger partial charge in [0.05, 0.1) is 6.54 Å². The van der Waals surface area contributed by atoms with Crippen molar-refractivity contribution in [3.05, 3.63) is 106 Å². The molecule has 40 heavy (non-hydrogen) atoms. The van der Waals surface area contributed by atoms with E-state index in [-0.39, 0.29) is 35.5 Å². The van der Waals surface area contributed by atoms with Crippen LogP contribution in [0.2, 0.25) is 0 Å². The summed E-state index contributed by atoms with van der Waals surface area (Å²) in [5.74, 6) is -2.32. The molecule has 0 atom stereocenters. The third kappa shape index (κ3) is 6.64. The standard InChI is InChI=1S/C28H24F3N5O4/c29-18-5-4-17(23(30)14-18)15-36-16-22(26(37)32-20-10-12-39-13-11-20)27(38)35-28(36)33-19-6-8-21(9-7-19)40-25-3-1-2-24(31)34-25/h1-9,14,16,20H,10-13,15H2,(H,32,37)(H,33,35,38). The van der Waals surface area contributed by atoms with Crippen LogP contribution >= 0.6 is 0 Å². The lowest BCUT2D eigenvalue weighted by Gasteiger charge is -2.23. The van der Waals surface area contributed by atoms with Crippen LogP contribution in [0.3, 0.4) is 0 Å². The Labute approximate surface area is 226 Å². The lowest BCUT2D eigenvalue weighted by molar-refractivity contribution is 0.0695. The highest BCUT2D eigenvalue weighted by molar-refractivity contribution is 5.93. The Morgan fingerprint density at radius 1 is 1.02 bits per heavy atom. The number of ether oxygens (including phenoxy) is 2. The van der Waals surface area contributed by atoms with Gasteiger partial charge in [-0.1, -0.05) is 12.1 Å². The van der Waals surface area contributed by atoms with Gasteiger partial charge in [-0.05, 0) is 49.2 Å². The van der Waals surface area contributed by atoms with Crippen molar-refractivity contribution in [3.8, 4) is 11.6 Å². The van der Waals surface area contributed by atoms with Crippen molar-refractivity contribution in [2.75, 3.05) is 18.5 Å². The molecular weight excluding hydrogens is 527 g/mol. The maximum Gasteiger partial charge on any atom is 0.287 e. The monoisotopic (exact) mass is 551 g/mol. The summed E-state index contributed by atoms with van der Waals surface area (Å²) in [5.41, 5.74) is -0.387. The normalized spacial score (nSPS) is 13.6. The van der Waals surface area contributed by atoms with Crippen molar-refractivity contribution in [1.82, 2.24) is 19.9 Å². The molecule has 0 aliphatic carbocycles. The fourth-order valence-corrected chi connectivity index (χ4v) is 4.11. The average Bonchev–Trinajstić information content (AvgIpc) is 2.93. The fourth-order valence-electron chi connectivity index (χ4n) is 4.11. The van der Waals surface area contributed by atoms with E-state index in [9.17, 15) is 22.8 Å². The predicted molar refractivity (Wildman–Crippen MR) is 139 cm³/mol. The van der Waals surface area contributed by atoms with Crippen LogP contribution in [-0.4, -0.2) is 39.7 Å². The van der Waals surface area contributed by atoms with E-state index in [4.69, 9.17) is 9.47 Å². The Morgan fingerprint density at radius 2 is 1.80 bits per heavy atom. The number of benzene rings is 2. The van der Waals surface area contributed by atoms with Gasteiger partial charge in [0.1, 0.15) is 22.9 Å². The summed E-state index contributed by atoms with van der Waals surface area (Å²) in [6.07, 6.45) is 2.52. The minimum Gasteiger partial charge on any atom is -0.439 e. The first-order valence-electron chi connectivity index (χ1n) is 12.5. The van der Waals surface area contributed by atoms with Crippen molar-refractivity contribution >= 4 is 17.5 Å². The highest BCUT2D eigenvalue weighted by Gasteiger charge is 2.21. The molecule has 0 bridgehead atoms. The van der Waals surface area contributed by atoms with Gasteiger partial charge in [-0.3, -0.25) is 9.59 Å². The summed E-state index contributed by atoms with van der Waals surface area (Å²) in [6, 6.07) is 13.6. The number of hydrogen-bond donors (Lipinski definition) is 2. The molecule has 0 radical (unpaired) electrons. The number of aromatic nitrogens is 3. The zero-order chi connectivity index (χ0) is 28.1. The molecule has 0 saturated carbocycles. The molecule has 0 unspecified atom stereocenters. The molecule has 3 heterocycles. The lowest BCUT2D eigenvalue weighted by atomic mass is 10.1. The Hall–Kier alpha value is -4.71. The summed E-state index contributed by atoms with van der Waals surface area (Å²) >= 11 is 0. The summed E-state index contributed by atoms with van der Waals surface area (Å²) in [7, 11) is 0. The Morgan fingerprint density at radius 3 is 2.52 bits per heavy atom. The highest BCUT2D eigenvalue weighted by Crippen LogP contribution is 2.24. The number of nitrogens with one attached hydrogen (secondary N) is 2. The largest absolute Gasteiger partial charge is 0.439 e. The summed E-state index contributed by atoms with van der Waals surface area (Å²) in [5, 5.41) is 5.81. The van der Waals surface area contributed by atoms with Gasteiger partial charge in [-0.25, -0.2) is 8.78 Å². The number of pyridine rings is 1. The maximum atomic E-state index is 14.5. The number of anilines is 2. The fraction of sp³-hybridized carbons (Fsp3) is 0.214. The van der Waals surface area contributed by atoms with Crippen molar-refractivity contribution in [1.29, 1.82) is 0 Å². The number of carbonyl (C=O) groups excluding carboxylic acids is 1. The van der Waals surface area contributed by atoms with Crippen LogP contribution in [0.5, 0.6) is 11.6 Å². The first-order chi connectivity index (χ1) is 19.3. The van der Waals surface area contributed by atoms with E-state index in [2.05, 4.69) is 20.6 Å². The van der Waals surface area contributed by atoms with Gasteiger partial charge >= 0.3 is 0 Å². The van der Waals surface area contributed by atoms with Crippen LogP contribution in [0.25, 0.3) is 0 Å². The minimum atomic E-state index is -0.787. The number of halogens is 3. The van der Waals surface area contributed by atoms with Crippen molar-refractivity contribution in [3.63, 3.8) is 0 Å². The van der Waals surface area contributed by atoms with Gasteiger partial charge in [-0.15, -0.1) is 0 Å². The average molecular weight is 552 g/mol. The molecule has 1 fully saturated rings. The van der Waals surface area contributed by atoms with Gasteiger partial charge in [0.2, 0.25) is 17.8 Å². The second kappa shape index (κ2) is 12.0. The second-order valence-corrected chi connectivity index (χ2v) is 9.06. The van der Waals surface area contributed by atoms with Crippen molar-refractivity contribution in [2.24, 2.45) is 0 Å². The van der Waals surface area contributed by atoms with Crippen LogP contribution in [-0.2, 0) is 11.3 Å². The van der Waals surface area contributed by atoms with E-state index in [1.54, 1.807) is 24.3 Å². The van der Waals surface area contributed by atoms with E-state index in [1.165, 1.54) is 35.0 Å². The molecule has 12 heteroatoms. The maximum absolute atomic E-state index is 14.5. The summed E-state index contributed by atoms with van der Waals surface area (Å²) in [6.45, 7) is 0.858. The summed E-state index contributed by atoms with van der Waals surface area (Å²) in [4.78, 5) is 33.5. The van der Waals surface area contributed by atoms with E-state index in [0.29, 0.717) is 37.5 Å². The van der Waals surface area contributed by atoms with E-state index < -0.39 is 29.0 Å². The van der Waals surface area contributed by atoms with E-state index >= 15 is 0 Å². The third-order valence-electron chi connectivity index (χ3n) is 6.17. The number of amides is 1. The third-order valence-corrected chi connectivity index (χ3v) is 6.17. The zero-order valence-electron chi connectivity index (χ0n) is 21.1. The number of nitrogens with zero attached hydrogens (tertiary/aromatic N) is 3. The molecule has 5 rings (SSSR count). The first kappa shape index (κ1) is 26.9. The second-order valence-electron chi connectivity index (χ2n) is 9.06. The highest BCUT2D eigenvalue weighted by atomic mass is 19.1. The van der Waals surface area contributed by atoms with Crippen LogP contribution in [0.1, 0.15) is 28.8 Å². The predicted octanol–water partition coefficient (Wildman–Crippen LogP) is 4.55. The number of rotatable bonds is 8. The van der Waals surface area contributed by atoms with Crippen molar-refractivity contribution in [2.45, 2.75) is 25.4 Å². The molecule has 4 aromatic rings. The molecule has 2 aromatic heterocycles. The molecule has 2 aromatic carbocycles. The van der Waals surface area contributed by atoms with E-state index in [1.807, 2.05) is 0 Å².